The maximum absolute atomic E-state index is 13.8. The number of aliphatic hydroxyl groups is 1. The summed E-state index contributed by atoms with van der Waals surface area (Å²) in [5, 5.41) is 15.4. The van der Waals surface area contributed by atoms with Gasteiger partial charge >= 0.3 is 0 Å². The van der Waals surface area contributed by atoms with Crippen molar-refractivity contribution in [2.75, 3.05) is 13.7 Å². The lowest BCUT2D eigenvalue weighted by molar-refractivity contribution is -0.487. The van der Waals surface area contributed by atoms with Gasteiger partial charge in [0.15, 0.2) is 0 Å². The molecule has 1 aromatic carbocycles. The smallest absolute Gasteiger partial charge is 0.291 e. The number of amides is 1. The molecule has 2 N–H and O–H groups in total. The van der Waals surface area contributed by atoms with Crippen LogP contribution in [0.3, 0.4) is 0 Å². The number of nitrogens with one attached hydrogen (secondary N) is 1. The minimum Gasteiger partial charge on any atom is -0.400 e. The molecule has 233 valence electrons. The van der Waals surface area contributed by atoms with Crippen molar-refractivity contribution < 1.29 is 14.6 Å². The fourth-order valence-corrected chi connectivity index (χ4v) is 6.36. The Morgan fingerprint density at radius 2 is 1.74 bits per heavy atom. The summed E-state index contributed by atoms with van der Waals surface area (Å²) in [6, 6.07) is 14.3. The first-order chi connectivity index (χ1) is 20.1. The molecule has 1 radical (unpaired) electrons. The number of azo groups is 2. The normalized spacial score (nSPS) is 20.8. The van der Waals surface area contributed by atoms with Crippen LogP contribution in [0.2, 0.25) is 0 Å². The zero-order valence-electron chi connectivity index (χ0n) is 25.3. The summed E-state index contributed by atoms with van der Waals surface area (Å²) < 4.78 is 2.16. The van der Waals surface area contributed by atoms with Gasteiger partial charge in [-0.2, -0.15) is 0 Å². The van der Waals surface area contributed by atoms with Crippen LogP contribution in [-0.2, 0) is 5.41 Å². The van der Waals surface area contributed by atoms with Gasteiger partial charge in [0.2, 0.25) is 5.69 Å². The van der Waals surface area contributed by atoms with Crippen LogP contribution in [0.5, 0.6) is 0 Å². The van der Waals surface area contributed by atoms with Crippen LogP contribution in [-0.4, -0.2) is 45.3 Å². The van der Waals surface area contributed by atoms with E-state index in [1.54, 1.807) is 6.20 Å². The van der Waals surface area contributed by atoms with Gasteiger partial charge in [-0.05, 0) is 67.3 Å². The Balaban J connectivity index is 0.000000812. The summed E-state index contributed by atoms with van der Waals surface area (Å²) in [4.78, 5) is 20.6. The number of rotatable bonds is 8. The van der Waals surface area contributed by atoms with Gasteiger partial charge in [-0.15, -0.1) is 0 Å². The minimum atomic E-state index is 0. The molecule has 3 fully saturated rings. The number of fused-ring (bicyclic) bond motifs is 1. The Labute approximate surface area is 259 Å². The highest BCUT2D eigenvalue weighted by atomic mass is 16.2. The number of likely N-dealkylation sites (tertiary alicyclic amines) is 1. The molecule has 1 saturated heterocycles. The van der Waals surface area contributed by atoms with Crippen molar-refractivity contribution in [1.29, 1.82) is 0 Å². The Hall–Kier alpha value is -3.32. The molecule has 7 rings (SSSR count). The number of piperidine rings is 1. The average Bonchev–Trinajstić information content (AvgIpc) is 3.89. The van der Waals surface area contributed by atoms with Gasteiger partial charge in [0.25, 0.3) is 11.9 Å². The number of aliphatic hydroxyl groups excluding tert-OH is 1. The van der Waals surface area contributed by atoms with Crippen LogP contribution in [0.15, 0.2) is 70.9 Å². The minimum absolute atomic E-state index is 0. The van der Waals surface area contributed by atoms with E-state index in [-0.39, 0.29) is 32.2 Å². The summed E-state index contributed by atoms with van der Waals surface area (Å²) >= 11 is 0. The highest BCUT2D eigenvalue weighted by molar-refractivity contribution is 5.94. The first-order valence-corrected chi connectivity index (χ1v) is 15.5. The Bertz CT molecular complexity index is 1330. The van der Waals surface area contributed by atoms with Gasteiger partial charge in [-0.1, -0.05) is 65.8 Å². The van der Waals surface area contributed by atoms with E-state index in [4.69, 9.17) is 15.2 Å². The van der Waals surface area contributed by atoms with Crippen molar-refractivity contribution >= 4 is 11.6 Å². The van der Waals surface area contributed by atoms with Crippen LogP contribution < -0.4 is 5.32 Å². The van der Waals surface area contributed by atoms with E-state index in [1.165, 1.54) is 35.7 Å². The monoisotopic (exact) mass is 587 g/mol. The molecule has 1 unspecified atom stereocenters. The van der Waals surface area contributed by atoms with E-state index in [9.17, 15) is 4.79 Å². The summed E-state index contributed by atoms with van der Waals surface area (Å²) in [7, 11) is 1.00. The second kappa shape index (κ2) is 14.4. The molecule has 0 bridgehead atoms. The maximum Gasteiger partial charge on any atom is 0.291 e. The quantitative estimate of drug-likeness (QED) is 0.304. The largest absolute Gasteiger partial charge is 0.400 e. The number of benzene rings is 1. The third kappa shape index (κ3) is 6.47. The third-order valence-corrected chi connectivity index (χ3v) is 8.77. The molecule has 7 heteroatoms. The van der Waals surface area contributed by atoms with Crippen molar-refractivity contribution in [3.63, 3.8) is 0 Å². The van der Waals surface area contributed by atoms with E-state index >= 15 is 0 Å². The molecule has 0 spiro atoms. The van der Waals surface area contributed by atoms with Crippen LogP contribution in [0.4, 0.5) is 5.69 Å². The topological polar surface area (TPSA) is 90.7 Å². The van der Waals surface area contributed by atoms with Crippen molar-refractivity contribution in [3.05, 3.63) is 88.6 Å². The van der Waals surface area contributed by atoms with E-state index < -0.39 is 0 Å². The maximum atomic E-state index is 13.8. The molecule has 1 aromatic heterocycles. The highest BCUT2D eigenvalue weighted by Gasteiger charge is 2.52. The number of hydrogen-bond acceptors (Lipinski definition) is 5. The van der Waals surface area contributed by atoms with Crippen molar-refractivity contribution in [2.24, 2.45) is 5.11 Å². The lowest BCUT2D eigenvalue weighted by atomic mass is 9.86. The number of pyridine rings is 1. The Morgan fingerprint density at radius 1 is 1.07 bits per heavy atom. The molecule has 2 aliphatic carbocycles. The summed E-state index contributed by atoms with van der Waals surface area (Å²) in [6.07, 6.45) is 12.4. The van der Waals surface area contributed by atoms with Crippen LogP contribution in [0.1, 0.15) is 121 Å². The predicted octanol–water partition coefficient (Wildman–Crippen LogP) is 8.36. The lowest BCUT2D eigenvalue weighted by Crippen LogP contribution is -2.47. The van der Waals surface area contributed by atoms with Gasteiger partial charge in [-0.25, -0.2) is 0 Å². The van der Waals surface area contributed by atoms with E-state index in [0.29, 0.717) is 12.1 Å². The first-order valence-electron chi connectivity index (χ1n) is 15.5. The summed E-state index contributed by atoms with van der Waals surface area (Å²) in [5.41, 5.74) is 8.11. The predicted molar refractivity (Wildman–Crippen MR) is 175 cm³/mol. The van der Waals surface area contributed by atoms with E-state index in [0.717, 1.165) is 68.6 Å². The first kappa shape index (κ1) is 34.2. The highest BCUT2D eigenvalue weighted by Crippen LogP contribution is 2.54. The van der Waals surface area contributed by atoms with Crippen molar-refractivity contribution in [2.45, 2.75) is 111 Å². The molecule has 3 aliphatic heterocycles. The SMILES string of the molecule is C.C.CC.CCCC1=C2[C](CCN(C(=O)c3ccc(C4(C5=CN5)CC4)nc3)C2CC)[N+](c2ccc(C3CC3)cc2)=N1.CO. The molecule has 7 nitrogen and oxygen atoms in total. The van der Waals surface area contributed by atoms with Gasteiger partial charge in [-0.3, -0.25) is 9.78 Å². The average molecular weight is 588 g/mol. The number of allylic oxidation sites excluding steroid dienone is 2. The lowest BCUT2D eigenvalue weighted by Gasteiger charge is -2.37. The second-order valence-electron chi connectivity index (χ2n) is 11.2. The van der Waals surface area contributed by atoms with Crippen LogP contribution in [0, 0.1) is 6.04 Å². The Morgan fingerprint density at radius 3 is 2.26 bits per heavy atom. The fraction of sp³-hybridized carbons (Fsp3) is 0.528. The van der Waals surface area contributed by atoms with Crippen molar-refractivity contribution in [3.8, 4) is 0 Å². The molecule has 5 aliphatic rings. The number of carbonyl (C=O) groups excluding carboxylic acids is 1. The van der Waals surface area contributed by atoms with Gasteiger partial charge in [0.05, 0.1) is 28.3 Å². The zero-order chi connectivity index (χ0) is 29.1. The Kier molecular flexibility index (Phi) is 11.5. The third-order valence-electron chi connectivity index (χ3n) is 8.77. The van der Waals surface area contributed by atoms with Crippen LogP contribution in [0.25, 0.3) is 0 Å². The van der Waals surface area contributed by atoms with E-state index in [1.807, 2.05) is 19.9 Å². The zero-order valence-corrected chi connectivity index (χ0v) is 25.3. The molecule has 1 atom stereocenters. The number of carbonyl (C=O) groups is 1. The molecule has 2 saturated carbocycles. The molecular weight excluding hydrogens is 534 g/mol. The standard InChI is InChI=1S/C31H35N5O.C2H6.CH4O.2CH4/c1-3-5-24-29-25(4-2)35(30(37)22-10-13-27(32-18-22)31(15-16-31)28-19-33-28)17-14-26(29)36(34-24)23-11-8-21(9-12-23)20-6-7-20;2*1-2;;/h8-13,18-20,25,33H,3-7,14-17H2,1-2H3;1-2H3;2H,1H3;2*1H4/q+1;;;;. The van der Waals surface area contributed by atoms with Crippen LogP contribution >= 0.6 is 0 Å². The second-order valence-corrected chi connectivity index (χ2v) is 11.2. The number of hydrogen-bond donors (Lipinski definition) is 2. The van der Waals surface area contributed by atoms with Crippen molar-refractivity contribution in [1.82, 2.24) is 15.2 Å². The summed E-state index contributed by atoms with van der Waals surface area (Å²) in [6.45, 7) is 9.09. The molecule has 43 heavy (non-hydrogen) atoms. The van der Waals surface area contributed by atoms with Gasteiger partial charge in [0, 0.05) is 50.3 Å². The van der Waals surface area contributed by atoms with E-state index in [2.05, 4.69) is 65.3 Å². The van der Waals surface area contributed by atoms with Gasteiger partial charge < -0.3 is 15.3 Å². The molecular formula is C36H53N5O2+. The number of nitrogens with zero attached hydrogens (tertiary/aromatic N) is 4. The fourth-order valence-electron chi connectivity index (χ4n) is 6.36. The molecule has 1 amide bonds. The van der Waals surface area contributed by atoms with Gasteiger partial charge in [0.1, 0.15) is 5.70 Å². The summed E-state index contributed by atoms with van der Waals surface area (Å²) in [5.74, 6) is 0.829. The molecule has 2 aromatic rings. The number of aromatic nitrogens is 1. The molecule has 4 heterocycles.